The van der Waals surface area contributed by atoms with E-state index in [9.17, 15) is 39.3 Å². The third kappa shape index (κ3) is 22.7. The van der Waals surface area contributed by atoms with Gasteiger partial charge in [-0.15, -0.1) is 5.06 Å². The minimum absolute atomic E-state index is 0.0565. The average molecular weight is 1340 g/mol. The summed E-state index contributed by atoms with van der Waals surface area (Å²) in [6.45, 7) is 0.971. The van der Waals surface area contributed by atoms with E-state index in [1.807, 2.05) is 160 Å². The van der Waals surface area contributed by atoms with Crippen LogP contribution in [0.15, 0.2) is 231 Å². The highest BCUT2D eigenvalue weighted by Crippen LogP contribution is 2.30. The van der Waals surface area contributed by atoms with Crippen LogP contribution in [0.5, 0.6) is 28.7 Å². The van der Waals surface area contributed by atoms with Crippen LogP contribution in [0.3, 0.4) is 0 Å². The van der Waals surface area contributed by atoms with Gasteiger partial charge in [0.2, 0.25) is 0 Å². The lowest BCUT2D eigenvalue weighted by Gasteiger charge is -2.12. The van der Waals surface area contributed by atoms with E-state index in [0.717, 1.165) is 51.1 Å². The fourth-order valence-electron chi connectivity index (χ4n) is 8.94. The summed E-state index contributed by atoms with van der Waals surface area (Å²) in [6.07, 6.45) is 0.113. The van der Waals surface area contributed by atoms with E-state index < -0.39 is 17.8 Å². The maximum absolute atomic E-state index is 12.4. The summed E-state index contributed by atoms with van der Waals surface area (Å²) in [5.74, 6) is -0.587. The van der Waals surface area contributed by atoms with Crippen molar-refractivity contribution in [3.63, 3.8) is 0 Å². The fraction of sp³-hybridized carbons (Fsp3) is 0.203. The molecular formula is C74H79N13O12. The van der Waals surface area contributed by atoms with E-state index in [1.54, 1.807) is 94.1 Å². The number of phenolic OH excluding ortho intramolecular Hbond substituents is 2. The summed E-state index contributed by atoms with van der Waals surface area (Å²) in [5, 5.41) is 59.5. The van der Waals surface area contributed by atoms with Crippen molar-refractivity contribution in [3.05, 3.63) is 239 Å². The van der Waals surface area contributed by atoms with E-state index in [4.69, 9.17) is 24.8 Å². The number of nitrogens with two attached hydrogens (primary N) is 1. The molecule has 0 aliphatic carbocycles. The number of rotatable bonds is 22. The lowest BCUT2D eigenvalue weighted by atomic mass is 10.1. The summed E-state index contributed by atoms with van der Waals surface area (Å²) >= 11 is 0. The van der Waals surface area contributed by atoms with Crippen LogP contribution >= 0.6 is 0 Å². The number of methoxy groups -OCH3 is 3. The number of nitrogens with one attached hydrogen (secondary N) is 2. The normalized spacial score (nSPS) is 11.6. The quantitative estimate of drug-likeness (QED) is 0.0209. The first-order chi connectivity index (χ1) is 47.7. The Kier molecular flexibility index (Phi) is 27.7. The van der Waals surface area contributed by atoms with Gasteiger partial charge in [-0.2, -0.15) is 30.7 Å². The van der Waals surface area contributed by atoms with Gasteiger partial charge in [0.25, 0.3) is 23.6 Å². The second-order valence-corrected chi connectivity index (χ2v) is 22.3. The number of amides is 4. The summed E-state index contributed by atoms with van der Waals surface area (Å²) in [4.78, 5) is 70.6. The number of hydroxylamine groups is 2. The number of benzene rings is 9. The monoisotopic (exact) mass is 1340 g/mol. The number of aromatic hydroxyl groups is 2. The van der Waals surface area contributed by atoms with E-state index in [0.29, 0.717) is 68.9 Å². The molecule has 1 aliphatic rings. The highest BCUT2D eigenvalue weighted by Gasteiger charge is 2.33. The number of hydrogen-bond donors (Lipinski definition) is 6. The number of nitrogens with zero attached hydrogens (tertiary/aromatic N) is 10. The Morgan fingerprint density at radius 3 is 1.13 bits per heavy atom. The first kappa shape index (κ1) is 74.1. The second-order valence-electron chi connectivity index (χ2n) is 22.3. The van der Waals surface area contributed by atoms with Gasteiger partial charge in [0.15, 0.2) is 23.0 Å². The van der Waals surface area contributed by atoms with Gasteiger partial charge in [0, 0.05) is 109 Å². The third-order valence-electron chi connectivity index (χ3n) is 14.6. The SMILES string of the molecule is CN(C)c1ccc(N=Nc2ccc(C(=O)NCc3ccc(O)c(O)c3)cc2)cc1.CN(C)c1ccc(N=Nc2ccc(C(=O)ON3C(=O)CCC3=O)cc2)cc1.COc1ccc(CN)cc1OC.COc1ccc(CNC(=O)c2ccc(N=Nc3ccc(N(C)C)cc3)cc2)cc1CO. The number of aliphatic hydroxyl groups excluding tert-OH is 1. The van der Waals surface area contributed by atoms with E-state index in [1.165, 1.54) is 24.3 Å². The molecule has 0 radical (unpaired) electrons. The van der Waals surface area contributed by atoms with Crippen LogP contribution in [0.4, 0.5) is 51.2 Å². The molecule has 9 aromatic rings. The Morgan fingerprint density at radius 2 is 0.778 bits per heavy atom. The molecule has 512 valence electrons. The van der Waals surface area contributed by atoms with E-state index in [2.05, 4.69) is 41.3 Å². The lowest BCUT2D eigenvalue weighted by Crippen LogP contribution is -2.32. The van der Waals surface area contributed by atoms with Crippen molar-refractivity contribution in [2.45, 2.75) is 39.1 Å². The highest BCUT2D eigenvalue weighted by molar-refractivity contribution is 6.03. The molecule has 99 heavy (non-hydrogen) atoms. The first-order valence-electron chi connectivity index (χ1n) is 30.9. The Hall–Kier alpha value is -12.4. The number of carbonyl (C=O) groups is 5. The summed E-state index contributed by atoms with van der Waals surface area (Å²) in [5.41, 5.74) is 17.3. The number of phenols is 2. The average Bonchev–Trinajstić information content (AvgIpc) is 1.84. The van der Waals surface area contributed by atoms with Gasteiger partial charge in [-0.25, -0.2) is 4.79 Å². The van der Waals surface area contributed by atoms with Gasteiger partial charge in [-0.1, -0.05) is 18.2 Å². The number of hydrogen-bond acceptors (Lipinski definition) is 22. The first-order valence-corrected chi connectivity index (χ1v) is 30.9. The Balaban J connectivity index is 0.000000193. The van der Waals surface area contributed by atoms with Crippen molar-refractivity contribution < 1.29 is 58.3 Å². The molecule has 25 heteroatoms. The Bertz CT molecular complexity index is 4230. The molecule has 0 atom stereocenters. The molecule has 10 rings (SSSR count). The van der Waals surface area contributed by atoms with Crippen molar-refractivity contribution in [3.8, 4) is 28.7 Å². The topological polar surface area (TPSA) is 320 Å². The van der Waals surface area contributed by atoms with Gasteiger partial charge in [0.1, 0.15) is 5.75 Å². The Morgan fingerprint density at radius 1 is 0.434 bits per heavy atom. The standard InChI is InChI=1S/C24H26N4O3.C22H22N4O3.C19H18N4O4.C9H13NO2/c1-28(2)22-11-9-21(10-12-22)27-26-20-7-5-18(6-8-20)24(30)25-15-17-4-13-23(31-3)19(14-17)16-29;1-26(2)19-10-8-18(9-11-19)25-24-17-6-4-16(5-7-17)22(29)23-14-15-3-12-20(27)21(28)13-15;1-22(2)16-9-7-15(8-10-16)21-20-14-5-3-13(4-6-14)19(26)27-23-17(24)11-12-18(23)25;1-11-8-4-3-7(6-10)5-9(8)12-2/h4-14,29H,15-16H2,1-3H3,(H,25,30);3-13,27-28H,14H2,1-2H3,(H,23,29);3-10H,11-12H2,1-2H3;3-5H,6,10H2,1-2H3. The maximum atomic E-state index is 12.4. The van der Waals surface area contributed by atoms with Crippen molar-refractivity contribution >= 4 is 80.8 Å². The van der Waals surface area contributed by atoms with E-state index >= 15 is 0 Å². The van der Waals surface area contributed by atoms with Gasteiger partial charge in [0.05, 0.1) is 67.6 Å². The molecule has 1 aliphatic heterocycles. The Labute approximate surface area is 574 Å². The molecule has 4 amide bonds. The summed E-state index contributed by atoms with van der Waals surface area (Å²) in [7, 11) is 16.6. The number of imide groups is 1. The van der Waals surface area contributed by atoms with Gasteiger partial charge >= 0.3 is 5.97 Å². The third-order valence-corrected chi connectivity index (χ3v) is 14.6. The molecule has 25 nitrogen and oxygen atoms in total. The molecule has 1 heterocycles. The minimum atomic E-state index is -0.777. The largest absolute Gasteiger partial charge is 0.504 e. The second kappa shape index (κ2) is 37.1. The van der Waals surface area contributed by atoms with Crippen LogP contribution in [0, 0.1) is 0 Å². The number of aliphatic hydroxyl groups is 1. The molecule has 7 N–H and O–H groups in total. The molecule has 1 saturated heterocycles. The zero-order valence-electron chi connectivity index (χ0n) is 56.4. The molecule has 9 aromatic carbocycles. The van der Waals surface area contributed by atoms with Crippen LogP contribution in [-0.2, 0) is 40.7 Å². The molecule has 1 fully saturated rings. The fourth-order valence-corrected chi connectivity index (χ4v) is 8.94. The summed E-state index contributed by atoms with van der Waals surface area (Å²) < 4.78 is 15.4. The van der Waals surface area contributed by atoms with Gasteiger partial charge in [-0.05, 0) is 199 Å². The highest BCUT2D eigenvalue weighted by atomic mass is 16.7. The molecular weight excluding hydrogens is 1260 g/mol. The van der Waals surface area contributed by atoms with E-state index in [-0.39, 0.29) is 54.9 Å². The minimum Gasteiger partial charge on any atom is -0.504 e. The van der Waals surface area contributed by atoms with Crippen molar-refractivity contribution in [1.29, 1.82) is 0 Å². The zero-order valence-corrected chi connectivity index (χ0v) is 56.4. The predicted molar refractivity (Wildman–Crippen MR) is 379 cm³/mol. The van der Waals surface area contributed by atoms with Crippen molar-refractivity contribution in [2.24, 2.45) is 36.4 Å². The number of azo groups is 3. The van der Waals surface area contributed by atoms with Crippen LogP contribution < -0.4 is 45.3 Å². The number of ether oxygens (including phenoxy) is 3. The molecule has 0 saturated carbocycles. The van der Waals surface area contributed by atoms with Crippen molar-refractivity contribution in [1.82, 2.24) is 15.7 Å². The lowest BCUT2D eigenvalue weighted by molar-refractivity contribution is -0.172. The molecule has 0 unspecified atom stereocenters. The molecule has 0 spiro atoms. The zero-order chi connectivity index (χ0) is 71.4. The van der Waals surface area contributed by atoms with Crippen LogP contribution in [0.2, 0.25) is 0 Å². The predicted octanol–water partition coefficient (Wildman–Crippen LogP) is 13.7. The summed E-state index contributed by atoms with van der Waals surface area (Å²) in [6, 6.07) is 58.5. The molecule has 0 bridgehead atoms. The van der Waals surface area contributed by atoms with Crippen molar-refractivity contribution in [2.75, 3.05) is 78.3 Å². The maximum Gasteiger partial charge on any atom is 0.363 e. The van der Waals surface area contributed by atoms with Crippen LogP contribution in [-0.4, -0.2) is 114 Å². The smallest absolute Gasteiger partial charge is 0.363 e. The van der Waals surface area contributed by atoms with Crippen LogP contribution in [0.1, 0.15) is 66.2 Å². The van der Waals surface area contributed by atoms with Gasteiger partial charge in [-0.3, -0.25) is 19.2 Å². The van der Waals surface area contributed by atoms with Gasteiger partial charge < -0.3 is 65.4 Å². The molecule has 0 aromatic heterocycles. The van der Waals surface area contributed by atoms with Crippen LogP contribution in [0.25, 0.3) is 0 Å². The number of anilines is 3. The number of carbonyl (C=O) groups excluding carboxylic acids is 5.